The molecular formula is C19H21N5OS. The average molecular weight is 367 g/mol. The molecule has 26 heavy (non-hydrogen) atoms. The first kappa shape index (κ1) is 18.0. The number of aryl methyl sites for hydroxylation is 1. The normalized spacial score (nSPS) is 12.6. The summed E-state index contributed by atoms with van der Waals surface area (Å²) in [6.07, 6.45) is 7.43. The monoisotopic (exact) mass is 367 g/mol. The molecule has 3 rings (SSSR count). The zero-order valence-corrected chi connectivity index (χ0v) is 16.1. The Balaban J connectivity index is 2.16. The maximum atomic E-state index is 10.5. The fourth-order valence-electron chi connectivity index (χ4n) is 2.61. The number of hydrogen-bond acceptors (Lipinski definition) is 6. The molecule has 0 atom stereocenters. The fourth-order valence-corrected chi connectivity index (χ4v) is 3.75. The fraction of sp³-hybridized carbons (Fsp3) is 0.263. The van der Waals surface area contributed by atoms with Gasteiger partial charge in [0.1, 0.15) is 16.2 Å². The topological polar surface area (TPSA) is 76.2 Å². The molecule has 3 aromatic heterocycles. The van der Waals surface area contributed by atoms with Crippen molar-refractivity contribution in [3.8, 4) is 16.5 Å². The first-order valence-electron chi connectivity index (χ1n) is 8.32. The molecule has 0 aliphatic carbocycles. The molecule has 0 aromatic carbocycles. The van der Waals surface area contributed by atoms with Crippen LogP contribution < -0.4 is 0 Å². The zero-order valence-electron chi connectivity index (χ0n) is 15.3. The lowest BCUT2D eigenvalue weighted by molar-refractivity contribution is 0.458. The second-order valence-corrected chi connectivity index (χ2v) is 7.12. The van der Waals surface area contributed by atoms with Crippen LogP contribution in [0.25, 0.3) is 26.5 Å². The van der Waals surface area contributed by atoms with Crippen LogP contribution in [0.15, 0.2) is 35.5 Å². The SMILES string of the molecule is C=N/C(=C\C=C/C)c1nc(O)c2c(C)c(-c3ccn(C(C)C)n3)sc2n1. The molecular weight excluding hydrogens is 346 g/mol. The minimum Gasteiger partial charge on any atom is -0.493 e. The van der Waals surface area contributed by atoms with E-state index in [-0.39, 0.29) is 11.9 Å². The average Bonchev–Trinajstić information content (AvgIpc) is 3.21. The predicted octanol–water partition coefficient (Wildman–Crippen LogP) is 4.77. The molecule has 0 saturated carbocycles. The van der Waals surface area contributed by atoms with Crippen molar-refractivity contribution in [2.24, 2.45) is 4.99 Å². The Kier molecular flexibility index (Phi) is 4.99. The molecule has 0 saturated heterocycles. The van der Waals surface area contributed by atoms with Crippen LogP contribution in [0.2, 0.25) is 0 Å². The van der Waals surface area contributed by atoms with Crippen LogP contribution in [-0.2, 0) is 0 Å². The number of nitrogens with zero attached hydrogens (tertiary/aromatic N) is 5. The molecule has 0 aliphatic heterocycles. The van der Waals surface area contributed by atoms with Crippen LogP contribution >= 0.6 is 11.3 Å². The Morgan fingerprint density at radius 3 is 2.77 bits per heavy atom. The van der Waals surface area contributed by atoms with Gasteiger partial charge in [-0.15, -0.1) is 11.3 Å². The lowest BCUT2D eigenvalue weighted by Crippen LogP contribution is -2.00. The van der Waals surface area contributed by atoms with Gasteiger partial charge < -0.3 is 5.11 Å². The van der Waals surface area contributed by atoms with E-state index in [1.807, 2.05) is 42.9 Å². The molecule has 0 bridgehead atoms. The molecule has 0 spiro atoms. The second kappa shape index (κ2) is 7.21. The summed E-state index contributed by atoms with van der Waals surface area (Å²) in [5.74, 6) is 0.298. The van der Waals surface area contributed by atoms with Crippen molar-refractivity contribution in [3.63, 3.8) is 0 Å². The number of allylic oxidation sites excluding steroid dienone is 3. The molecule has 3 heterocycles. The van der Waals surface area contributed by atoms with Crippen LogP contribution in [0.1, 0.15) is 38.2 Å². The number of aromatic hydroxyl groups is 1. The second-order valence-electron chi connectivity index (χ2n) is 6.12. The minimum absolute atomic E-state index is 0.0525. The lowest BCUT2D eigenvalue weighted by Gasteiger charge is -2.03. The number of aromatic nitrogens is 4. The van der Waals surface area contributed by atoms with E-state index in [1.165, 1.54) is 11.3 Å². The van der Waals surface area contributed by atoms with E-state index >= 15 is 0 Å². The largest absolute Gasteiger partial charge is 0.493 e. The highest BCUT2D eigenvalue weighted by atomic mass is 32.1. The molecule has 0 aliphatic rings. The molecule has 0 amide bonds. The summed E-state index contributed by atoms with van der Waals surface area (Å²) in [6, 6.07) is 2.27. The van der Waals surface area contributed by atoms with Crippen LogP contribution in [0.5, 0.6) is 5.88 Å². The Morgan fingerprint density at radius 2 is 2.15 bits per heavy atom. The highest BCUT2D eigenvalue weighted by molar-refractivity contribution is 7.22. The number of fused-ring (bicyclic) bond motifs is 1. The quantitative estimate of drug-likeness (QED) is 0.521. The smallest absolute Gasteiger partial charge is 0.223 e. The summed E-state index contributed by atoms with van der Waals surface area (Å²) in [7, 11) is 0. The molecule has 6 nitrogen and oxygen atoms in total. The maximum Gasteiger partial charge on any atom is 0.223 e. The van der Waals surface area contributed by atoms with Gasteiger partial charge in [0.05, 0.1) is 10.3 Å². The van der Waals surface area contributed by atoms with E-state index in [0.29, 0.717) is 21.7 Å². The first-order valence-corrected chi connectivity index (χ1v) is 9.13. The predicted molar refractivity (Wildman–Crippen MR) is 108 cm³/mol. The van der Waals surface area contributed by atoms with Gasteiger partial charge in [0.15, 0.2) is 5.82 Å². The van der Waals surface area contributed by atoms with Crippen molar-refractivity contribution in [2.75, 3.05) is 0 Å². The molecule has 3 aromatic rings. The van der Waals surface area contributed by atoms with Crippen molar-refractivity contribution >= 4 is 34.0 Å². The number of thiophene rings is 1. The Morgan fingerprint density at radius 1 is 1.38 bits per heavy atom. The van der Waals surface area contributed by atoms with E-state index in [4.69, 9.17) is 0 Å². The minimum atomic E-state index is -0.0525. The summed E-state index contributed by atoms with van der Waals surface area (Å²) in [5, 5.41) is 15.8. The van der Waals surface area contributed by atoms with E-state index in [9.17, 15) is 5.11 Å². The van der Waals surface area contributed by atoms with Crippen molar-refractivity contribution in [1.82, 2.24) is 19.7 Å². The molecule has 0 radical (unpaired) electrons. The zero-order chi connectivity index (χ0) is 18.8. The van der Waals surface area contributed by atoms with Gasteiger partial charge in [-0.25, -0.2) is 4.98 Å². The van der Waals surface area contributed by atoms with Gasteiger partial charge in [-0.3, -0.25) is 9.67 Å². The van der Waals surface area contributed by atoms with E-state index in [1.54, 1.807) is 6.08 Å². The third-order valence-electron chi connectivity index (χ3n) is 3.99. The van der Waals surface area contributed by atoms with Gasteiger partial charge in [0.25, 0.3) is 0 Å². The third kappa shape index (κ3) is 3.17. The van der Waals surface area contributed by atoms with Gasteiger partial charge in [-0.1, -0.05) is 12.2 Å². The number of rotatable bonds is 5. The van der Waals surface area contributed by atoms with Crippen molar-refractivity contribution < 1.29 is 5.11 Å². The highest BCUT2D eigenvalue weighted by Crippen LogP contribution is 2.40. The molecule has 0 unspecified atom stereocenters. The summed E-state index contributed by atoms with van der Waals surface area (Å²) in [5.41, 5.74) is 2.30. The van der Waals surface area contributed by atoms with Crippen LogP contribution in [0, 0.1) is 6.92 Å². The van der Waals surface area contributed by atoms with Gasteiger partial charge in [-0.2, -0.15) is 10.1 Å². The van der Waals surface area contributed by atoms with Crippen molar-refractivity contribution in [1.29, 1.82) is 0 Å². The number of hydrogen-bond donors (Lipinski definition) is 1. The van der Waals surface area contributed by atoms with Gasteiger partial charge >= 0.3 is 0 Å². The van der Waals surface area contributed by atoms with E-state index in [0.717, 1.165) is 16.1 Å². The van der Waals surface area contributed by atoms with Crippen LogP contribution in [0.3, 0.4) is 0 Å². The summed E-state index contributed by atoms with van der Waals surface area (Å²) < 4.78 is 1.91. The summed E-state index contributed by atoms with van der Waals surface area (Å²) >= 11 is 1.49. The van der Waals surface area contributed by atoms with Gasteiger partial charge in [0.2, 0.25) is 5.88 Å². The van der Waals surface area contributed by atoms with Crippen LogP contribution in [-0.4, -0.2) is 31.6 Å². The third-order valence-corrected chi connectivity index (χ3v) is 5.20. The first-order chi connectivity index (χ1) is 12.5. The standard InChI is InChI=1S/C19H21N5OS/c1-6-7-8-14(20-5)17-21-18(25)15-12(4)16(26-19(15)22-17)13-9-10-24(23-13)11(2)3/h6-11H,5H2,1-4H3,(H,21,22,25)/b7-6-,14-8-. The molecule has 1 N–H and O–H groups in total. The Labute approximate surface area is 156 Å². The lowest BCUT2D eigenvalue weighted by atomic mass is 10.2. The van der Waals surface area contributed by atoms with Crippen molar-refractivity contribution in [3.05, 3.63) is 41.9 Å². The van der Waals surface area contributed by atoms with Crippen LogP contribution in [0.4, 0.5) is 0 Å². The van der Waals surface area contributed by atoms with E-state index in [2.05, 4.69) is 40.6 Å². The molecule has 7 heteroatoms. The Bertz CT molecular complexity index is 1030. The van der Waals surface area contributed by atoms with E-state index < -0.39 is 0 Å². The molecule has 134 valence electrons. The Hall–Kier alpha value is -2.80. The summed E-state index contributed by atoms with van der Waals surface area (Å²) in [4.78, 5) is 14.5. The van der Waals surface area contributed by atoms with Crippen molar-refractivity contribution in [2.45, 2.75) is 33.7 Å². The molecule has 0 fully saturated rings. The highest BCUT2D eigenvalue weighted by Gasteiger charge is 2.19. The number of aliphatic imine (C=N–C) groups is 1. The summed E-state index contributed by atoms with van der Waals surface area (Å²) in [6.45, 7) is 11.6. The van der Waals surface area contributed by atoms with Gasteiger partial charge in [0, 0.05) is 12.2 Å². The maximum absolute atomic E-state index is 10.5. The van der Waals surface area contributed by atoms with Gasteiger partial charge in [-0.05, 0) is 52.1 Å².